The van der Waals surface area contributed by atoms with Crippen LogP contribution in [-0.2, 0) is 13.0 Å². The average Bonchev–Trinajstić information content (AvgIpc) is 2.72. The molecular formula is C19H27N3O6. The lowest BCUT2D eigenvalue weighted by molar-refractivity contribution is -0.191. The van der Waals surface area contributed by atoms with Crippen LogP contribution in [0.4, 0.5) is 0 Å². The minimum atomic E-state index is -2.01. The maximum atomic E-state index is 10.0. The number of hydrogen-bond donors (Lipinski definition) is 7. The molecule has 0 aliphatic heterocycles. The molecule has 3 atom stereocenters. The smallest absolute Gasteiger partial charge is 0.222 e. The maximum absolute atomic E-state index is 10.0. The molecule has 28 heavy (non-hydrogen) atoms. The monoisotopic (exact) mass is 393 g/mol. The van der Waals surface area contributed by atoms with E-state index >= 15 is 0 Å². The van der Waals surface area contributed by atoms with Gasteiger partial charge in [0.15, 0.2) is 0 Å². The summed E-state index contributed by atoms with van der Waals surface area (Å²) in [5, 5.41) is 60.5. The fraction of sp³-hybridized carbons (Fsp3) is 0.474. The quantitative estimate of drug-likeness (QED) is 0.237. The highest BCUT2D eigenvalue weighted by molar-refractivity contribution is 5.14. The molecule has 1 aromatic carbocycles. The van der Waals surface area contributed by atoms with Crippen LogP contribution in [0.1, 0.15) is 35.9 Å². The Balaban J connectivity index is 1.79. The third-order valence-corrected chi connectivity index (χ3v) is 4.31. The van der Waals surface area contributed by atoms with Gasteiger partial charge < -0.3 is 30.6 Å². The van der Waals surface area contributed by atoms with E-state index in [9.17, 15) is 25.5 Å². The second-order valence-corrected chi connectivity index (χ2v) is 6.63. The van der Waals surface area contributed by atoms with Crippen molar-refractivity contribution in [3.05, 3.63) is 59.7 Å². The molecule has 0 saturated carbocycles. The van der Waals surface area contributed by atoms with Crippen LogP contribution in [0.15, 0.2) is 42.7 Å². The number of nitrogens with zero attached hydrogens (tertiary/aromatic N) is 2. The van der Waals surface area contributed by atoms with Gasteiger partial charge >= 0.3 is 0 Å². The number of aliphatic hydroxyl groups excluding tert-OH is 4. The van der Waals surface area contributed by atoms with Gasteiger partial charge in [-0.3, -0.25) is 15.3 Å². The highest BCUT2D eigenvalue weighted by Crippen LogP contribution is 2.17. The molecule has 1 aromatic heterocycles. The Kier molecular flexibility index (Phi) is 8.39. The van der Waals surface area contributed by atoms with Crippen LogP contribution >= 0.6 is 0 Å². The lowest BCUT2D eigenvalue weighted by Gasteiger charge is -2.23. The second-order valence-electron chi connectivity index (χ2n) is 6.63. The van der Waals surface area contributed by atoms with Gasteiger partial charge in [-0.25, -0.2) is 0 Å². The Morgan fingerprint density at radius 1 is 1.00 bits per heavy atom. The first kappa shape index (κ1) is 22.3. The van der Waals surface area contributed by atoms with Crippen molar-refractivity contribution in [2.75, 3.05) is 6.61 Å². The summed E-state index contributed by atoms with van der Waals surface area (Å²) < 4.78 is 0. The van der Waals surface area contributed by atoms with E-state index in [4.69, 9.17) is 5.11 Å². The summed E-state index contributed by atoms with van der Waals surface area (Å²) >= 11 is 0. The molecule has 0 saturated heterocycles. The van der Waals surface area contributed by atoms with Gasteiger partial charge in [0.1, 0.15) is 18.3 Å². The molecule has 7 N–H and O–H groups in total. The minimum Gasteiger partial charge on any atom is -0.394 e. The summed E-state index contributed by atoms with van der Waals surface area (Å²) in [5.41, 5.74) is 1.57. The Labute approximate surface area is 163 Å². The Morgan fingerprint density at radius 2 is 1.71 bits per heavy atom. The summed E-state index contributed by atoms with van der Waals surface area (Å²) in [7, 11) is 0. The standard InChI is InChI=1S/C19H27N3O6/c23-12-16(24)18(26)17(25)15-11-20-14(10-21-15)7-4-8-19(27,28)22-9-13-5-2-1-3-6-13/h1-3,5-6,10-11,16-18,22-28H,4,7-9,12H2. The van der Waals surface area contributed by atoms with Gasteiger partial charge in [0, 0.05) is 19.2 Å². The molecule has 0 aliphatic carbocycles. The molecule has 154 valence electrons. The number of rotatable bonds is 11. The van der Waals surface area contributed by atoms with E-state index in [1.165, 1.54) is 12.4 Å². The lowest BCUT2D eigenvalue weighted by atomic mass is 10.1. The second kappa shape index (κ2) is 10.5. The predicted molar refractivity (Wildman–Crippen MR) is 99.5 cm³/mol. The molecule has 1 heterocycles. The van der Waals surface area contributed by atoms with Crippen LogP contribution in [0.3, 0.4) is 0 Å². The molecule has 3 unspecified atom stereocenters. The number of benzene rings is 1. The van der Waals surface area contributed by atoms with E-state index in [-0.39, 0.29) is 12.1 Å². The summed E-state index contributed by atoms with van der Waals surface area (Å²) in [6, 6.07) is 9.39. The Hall–Kier alpha value is -1.98. The molecule has 0 aliphatic rings. The molecule has 2 rings (SSSR count). The van der Waals surface area contributed by atoms with Gasteiger partial charge in [0.05, 0.1) is 24.2 Å². The average molecular weight is 393 g/mol. The van der Waals surface area contributed by atoms with Crippen molar-refractivity contribution in [2.45, 2.75) is 50.0 Å². The molecule has 0 amide bonds. The largest absolute Gasteiger partial charge is 0.394 e. The lowest BCUT2D eigenvalue weighted by Crippen LogP contribution is -2.44. The SMILES string of the molecule is OCC(O)C(O)C(O)c1cnc(CCCC(O)(O)NCc2ccccc2)cn1. The zero-order chi connectivity index (χ0) is 20.6. The zero-order valence-electron chi connectivity index (χ0n) is 15.4. The molecule has 0 radical (unpaired) electrons. The van der Waals surface area contributed by atoms with Gasteiger partial charge in [-0.2, -0.15) is 0 Å². The van der Waals surface area contributed by atoms with Gasteiger partial charge in [0.2, 0.25) is 5.91 Å². The molecular weight excluding hydrogens is 366 g/mol. The topological polar surface area (TPSA) is 159 Å². The van der Waals surface area contributed by atoms with E-state index < -0.39 is 30.8 Å². The first-order valence-corrected chi connectivity index (χ1v) is 9.02. The summed E-state index contributed by atoms with van der Waals surface area (Å²) in [5.74, 6) is -2.01. The molecule has 0 fully saturated rings. The van der Waals surface area contributed by atoms with Crippen LogP contribution < -0.4 is 5.32 Å². The van der Waals surface area contributed by atoms with Crippen molar-refractivity contribution in [3.8, 4) is 0 Å². The van der Waals surface area contributed by atoms with E-state index in [2.05, 4.69) is 15.3 Å². The first-order valence-electron chi connectivity index (χ1n) is 9.02. The van der Waals surface area contributed by atoms with Crippen LogP contribution in [0.5, 0.6) is 0 Å². The van der Waals surface area contributed by atoms with Crippen molar-refractivity contribution >= 4 is 0 Å². The highest BCUT2D eigenvalue weighted by atomic mass is 16.5. The van der Waals surface area contributed by atoms with Crippen LogP contribution in [0, 0.1) is 0 Å². The third kappa shape index (κ3) is 6.88. The summed E-state index contributed by atoms with van der Waals surface area (Å²) in [6.07, 6.45) is -0.928. The van der Waals surface area contributed by atoms with Gasteiger partial charge in [-0.15, -0.1) is 0 Å². The Morgan fingerprint density at radius 3 is 2.32 bits per heavy atom. The summed E-state index contributed by atoms with van der Waals surface area (Å²) in [4.78, 5) is 8.12. The van der Waals surface area contributed by atoms with Gasteiger partial charge in [0.25, 0.3) is 0 Å². The minimum absolute atomic E-state index is 0.0620. The fourth-order valence-corrected chi connectivity index (χ4v) is 2.58. The van der Waals surface area contributed by atoms with Crippen LogP contribution in [-0.4, -0.2) is 65.3 Å². The van der Waals surface area contributed by atoms with Crippen molar-refractivity contribution in [1.29, 1.82) is 0 Å². The fourth-order valence-electron chi connectivity index (χ4n) is 2.58. The van der Waals surface area contributed by atoms with E-state index in [1.54, 1.807) is 0 Å². The first-order chi connectivity index (χ1) is 13.3. The zero-order valence-corrected chi connectivity index (χ0v) is 15.4. The maximum Gasteiger partial charge on any atom is 0.222 e. The van der Waals surface area contributed by atoms with Crippen LogP contribution in [0.2, 0.25) is 0 Å². The van der Waals surface area contributed by atoms with E-state index in [0.717, 1.165) is 5.56 Å². The van der Waals surface area contributed by atoms with Crippen molar-refractivity contribution in [1.82, 2.24) is 15.3 Å². The van der Waals surface area contributed by atoms with Gasteiger partial charge in [-0.1, -0.05) is 30.3 Å². The van der Waals surface area contributed by atoms with Crippen molar-refractivity contribution < 1.29 is 30.6 Å². The summed E-state index contributed by atoms with van der Waals surface area (Å²) in [6.45, 7) is -0.367. The van der Waals surface area contributed by atoms with Crippen molar-refractivity contribution in [3.63, 3.8) is 0 Å². The number of hydrogen-bond acceptors (Lipinski definition) is 9. The highest BCUT2D eigenvalue weighted by Gasteiger charge is 2.27. The molecule has 9 nitrogen and oxygen atoms in total. The molecule has 2 aromatic rings. The number of nitrogens with one attached hydrogen (secondary N) is 1. The normalized spacial score (nSPS) is 15.2. The van der Waals surface area contributed by atoms with Crippen LogP contribution in [0.25, 0.3) is 0 Å². The van der Waals surface area contributed by atoms with E-state index in [1.807, 2.05) is 30.3 Å². The molecule has 0 spiro atoms. The predicted octanol–water partition coefficient (Wildman–Crippen LogP) is -1.02. The number of aliphatic hydroxyl groups is 6. The number of aromatic nitrogens is 2. The number of aryl methyl sites for hydroxylation is 1. The van der Waals surface area contributed by atoms with Crippen molar-refractivity contribution in [2.24, 2.45) is 0 Å². The Bertz CT molecular complexity index is 699. The molecule has 0 bridgehead atoms. The third-order valence-electron chi connectivity index (χ3n) is 4.31. The van der Waals surface area contributed by atoms with Gasteiger partial charge in [-0.05, 0) is 18.4 Å². The van der Waals surface area contributed by atoms with E-state index in [0.29, 0.717) is 25.1 Å². The molecule has 9 heteroatoms.